The topological polar surface area (TPSA) is 73.7 Å². The lowest BCUT2D eigenvalue weighted by Crippen LogP contribution is -2.28. The number of amides is 1. The average molecular weight is 386 g/mol. The van der Waals surface area contributed by atoms with E-state index in [4.69, 9.17) is 11.6 Å². The van der Waals surface area contributed by atoms with E-state index in [9.17, 15) is 10.0 Å². The van der Waals surface area contributed by atoms with Crippen molar-refractivity contribution in [1.29, 1.82) is 0 Å². The van der Waals surface area contributed by atoms with Crippen LogP contribution in [0.3, 0.4) is 0 Å². The third-order valence-electron chi connectivity index (χ3n) is 4.97. The summed E-state index contributed by atoms with van der Waals surface area (Å²) in [6.45, 7) is 0. The van der Waals surface area contributed by atoms with Crippen LogP contribution in [-0.2, 0) is 4.79 Å². The first-order valence-corrected chi connectivity index (χ1v) is 9.61. The van der Waals surface area contributed by atoms with Crippen LogP contribution < -0.4 is 10.6 Å². The van der Waals surface area contributed by atoms with E-state index in [1.807, 2.05) is 42.5 Å². The number of rotatable bonds is 5. The Labute approximate surface area is 164 Å². The highest BCUT2D eigenvalue weighted by molar-refractivity contribution is 6.30. The van der Waals surface area contributed by atoms with Gasteiger partial charge in [0.2, 0.25) is 5.91 Å². The van der Waals surface area contributed by atoms with Gasteiger partial charge in [0.1, 0.15) is 5.84 Å². The summed E-state index contributed by atoms with van der Waals surface area (Å²) in [5.41, 5.74) is 1.64. The summed E-state index contributed by atoms with van der Waals surface area (Å²) in [4.78, 5) is 12.4. The predicted octanol–water partition coefficient (Wildman–Crippen LogP) is 5.37. The third-order valence-corrected chi connectivity index (χ3v) is 5.21. The van der Waals surface area contributed by atoms with Crippen molar-refractivity contribution >= 4 is 34.7 Å². The van der Waals surface area contributed by atoms with Gasteiger partial charge in [-0.25, -0.2) is 0 Å². The molecule has 1 aliphatic rings. The van der Waals surface area contributed by atoms with Crippen LogP contribution in [0.25, 0.3) is 0 Å². The Kier molecular flexibility index (Phi) is 6.71. The number of hydrogen-bond acceptors (Lipinski definition) is 3. The minimum absolute atomic E-state index is 0.0388. The first kappa shape index (κ1) is 19.2. The summed E-state index contributed by atoms with van der Waals surface area (Å²) >= 11 is 5.99. The van der Waals surface area contributed by atoms with Gasteiger partial charge >= 0.3 is 0 Å². The molecule has 5 nitrogen and oxygen atoms in total. The van der Waals surface area contributed by atoms with E-state index in [-0.39, 0.29) is 11.8 Å². The molecule has 1 amide bonds. The summed E-state index contributed by atoms with van der Waals surface area (Å²) < 4.78 is 0. The van der Waals surface area contributed by atoms with Crippen molar-refractivity contribution in [3.05, 3.63) is 59.6 Å². The fourth-order valence-electron chi connectivity index (χ4n) is 3.52. The fourth-order valence-corrected chi connectivity index (χ4v) is 3.71. The standard InChI is InChI=1S/C21H24ClN3O2/c22-17-5-4-8-19(14-17)23-20(25-27)13-15-9-11-16(12-10-15)21(26)24-18-6-2-1-3-7-18/h1-8,14-16,27H,9-13H2,(H,23,25)(H,24,26)/t15-,16+. The fraction of sp³-hybridized carbons (Fsp3) is 0.333. The molecule has 142 valence electrons. The van der Waals surface area contributed by atoms with E-state index in [1.54, 1.807) is 12.1 Å². The minimum atomic E-state index is 0.0388. The van der Waals surface area contributed by atoms with E-state index >= 15 is 0 Å². The molecule has 0 atom stereocenters. The van der Waals surface area contributed by atoms with Crippen LogP contribution in [0.2, 0.25) is 5.02 Å². The Morgan fingerprint density at radius 3 is 2.37 bits per heavy atom. The second-order valence-corrected chi connectivity index (χ2v) is 7.40. The lowest BCUT2D eigenvalue weighted by molar-refractivity contribution is -0.121. The summed E-state index contributed by atoms with van der Waals surface area (Å²) in [5.74, 6) is 1.04. The molecule has 2 aromatic carbocycles. The maximum Gasteiger partial charge on any atom is 0.227 e. The normalized spacial score (nSPS) is 20.1. The predicted molar refractivity (Wildman–Crippen MR) is 109 cm³/mol. The van der Waals surface area contributed by atoms with Crippen molar-refractivity contribution in [1.82, 2.24) is 0 Å². The van der Waals surface area contributed by atoms with Gasteiger partial charge < -0.3 is 15.8 Å². The number of oxime groups is 1. The number of para-hydroxylation sites is 1. The molecule has 3 N–H and O–H groups in total. The van der Waals surface area contributed by atoms with Crippen molar-refractivity contribution < 1.29 is 10.0 Å². The smallest absolute Gasteiger partial charge is 0.227 e. The molecule has 27 heavy (non-hydrogen) atoms. The summed E-state index contributed by atoms with van der Waals surface area (Å²) in [7, 11) is 0. The van der Waals surface area contributed by atoms with E-state index < -0.39 is 0 Å². The second-order valence-electron chi connectivity index (χ2n) is 6.96. The van der Waals surface area contributed by atoms with Gasteiger partial charge in [0.25, 0.3) is 0 Å². The van der Waals surface area contributed by atoms with Gasteiger partial charge in [0.05, 0.1) is 0 Å². The monoisotopic (exact) mass is 385 g/mol. The number of carbonyl (C=O) groups is 1. The molecule has 0 spiro atoms. The molecule has 0 radical (unpaired) electrons. The minimum Gasteiger partial charge on any atom is -0.409 e. The van der Waals surface area contributed by atoms with Crippen molar-refractivity contribution in [2.24, 2.45) is 17.0 Å². The van der Waals surface area contributed by atoms with Crippen molar-refractivity contribution in [2.45, 2.75) is 32.1 Å². The lowest BCUT2D eigenvalue weighted by Gasteiger charge is -2.28. The number of halogens is 1. The molecule has 0 unspecified atom stereocenters. The SMILES string of the molecule is O=C(Nc1ccccc1)[C@H]1CC[C@@H](C/C(=N/O)Nc2cccc(Cl)c2)CC1. The van der Waals surface area contributed by atoms with Crippen LogP contribution >= 0.6 is 11.6 Å². The molecular weight excluding hydrogens is 362 g/mol. The zero-order valence-electron chi connectivity index (χ0n) is 15.1. The first-order valence-electron chi connectivity index (χ1n) is 9.23. The van der Waals surface area contributed by atoms with E-state index in [2.05, 4.69) is 15.8 Å². The number of hydrogen-bond donors (Lipinski definition) is 3. The maximum absolute atomic E-state index is 12.4. The largest absolute Gasteiger partial charge is 0.409 e. The highest BCUT2D eigenvalue weighted by Gasteiger charge is 2.27. The van der Waals surface area contributed by atoms with E-state index in [0.29, 0.717) is 23.2 Å². The van der Waals surface area contributed by atoms with E-state index in [0.717, 1.165) is 37.1 Å². The molecule has 1 aliphatic carbocycles. The zero-order chi connectivity index (χ0) is 19.1. The molecule has 1 fully saturated rings. The highest BCUT2D eigenvalue weighted by atomic mass is 35.5. The van der Waals surface area contributed by atoms with Gasteiger partial charge in [0, 0.05) is 28.7 Å². The maximum atomic E-state index is 12.4. The number of carbonyl (C=O) groups excluding carboxylic acids is 1. The van der Waals surface area contributed by atoms with Crippen LogP contribution in [-0.4, -0.2) is 17.0 Å². The average Bonchev–Trinajstić information content (AvgIpc) is 2.69. The molecule has 3 rings (SSSR count). The van der Waals surface area contributed by atoms with Crippen LogP contribution in [0.15, 0.2) is 59.8 Å². The molecular formula is C21H24ClN3O2. The van der Waals surface area contributed by atoms with Crippen LogP contribution in [0.4, 0.5) is 11.4 Å². The molecule has 2 aromatic rings. The second kappa shape index (κ2) is 9.42. The zero-order valence-corrected chi connectivity index (χ0v) is 15.8. The quantitative estimate of drug-likeness (QED) is 0.280. The van der Waals surface area contributed by atoms with Crippen molar-refractivity contribution in [2.75, 3.05) is 10.6 Å². The molecule has 6 heteroatoms. The Bertz CT molecular complexity index is 787. The van der Waals surface area contributed by atoms with Gasteiger partial charge in [-0.05, 0) is 61.9 Å². The Balaban J connectivity index is 1.47. The Morgan fingerprint density at radius 1 is 1.00 bits per heavy atom. The van der Waals surface area contributed by atoms with Gasteiger partial charge in [-0.2, -0.15) is 0 Å². The van der Waals surface area contributed by atoms with Crippen LogP contribution in [0.1, 0.15) is 32.1 Å². The summed E-state index contributed by atoms with van der Waals surface area (Å²) in [6.07, 6.45) is 4.21. The molecule has 0 heterocycles. The summed E-state index contributed by atoms with van der Waals surface area (Å²) in [5, 5.41) is 19.5. The Hall–Kier alpha value is -2.53. The molecule has 0 saturated heterocycles. The summed E-state index contributed by atoms with van der Waals surface area (Å²) in [6, 6.07) is 16.9. The first-order chi connectivity index (χ1) is 13.1. The highest BCUT2D eigenvalue weighted by Crippen LogP contribution is 2.32. The molecule has 0 aromatic heterocycles. The number of anilines is 2. The van der Waals surface area contributed by atoms with Crippen LogP contribution in [0, 0.1) is 11.8 Å². The van der Waals surface area contributed by atoms with Gasteiger partial charge in [-0.1, -0.05) is 41.0 Å². The van der Waals surface area contributed by atoms with Gasteiger partial charge in [-0.15, -0.1) is 0 Å². The number of amidine groups is 1. The number of benzene rings is 2. The lowest BCUT2D eigenvalue weighted by atomic mass is 9.80. The molecule has 0 bridgehead atoms. The van der Waals surface area contributed by atoms with Crippen molar-refractivity contribution in [3.8, 4) is 0 Å². The van der Waals surface area contributed by atoms with Gasteiger partial charge in [0.15, 0.2) is 0 Å². The van der Waals surface area contributed by atoms with Crippen LogP contribution in [0.5, 0.6) is 0 Å². The molecule has 1 saturated carbocycles. The number of nitrogens with one attached hydrogen (secondary N) is 2. The third kappa shape index (κ3) is 5.73. The molecule has 0 aliphatic heterocycles. The van der Waals surface area contributed by atoms with Crippen molar-refractivity contribution in [3.63, 3.8) is 0 Å². The van der Waals surface area contributed by atoms with E-state index in [1.165, 1.54) is 0 Å². The Morgan fingerprint density at radius 2 is 1.70 bits per heavy atom. The van der Waals surface area contributed by atoms with Gasteiger partial charge in [-0.3, -0.25) is 4.79 Å². The number of nitrogens with zero attached hydrogens (tertiary/aromatic N) is 1.